The van der Waals surface area contributed by atoms with Crippen LogP contribution in [-0.4, -0.2) is 12.3 Å². The topological polar surface area (TPSA) is 9.72 Å². The number of hydrogen-bond acceptors (Lipinski definition) is 3. The standard InChI is InChI=1S/C70H84BN3/c1-43-35-60-62-61(36-43)73(57-41-52-49(37-44(57)2)64(5,6)31-33-67(52,11)12)58-39-46(74-56-22-18-17-21-48(56)69(15)27-19-20-28-70(69,74)16)24-26-54(58)71(62)55-40-51-53(68(13,14)34-32-66(51,9)10)42-59(55)72(60)45-23-25-47-50(38-45)65(7,8)30-29-63(47,3)4/h17-18,21-26,35-42H,19-20,27-34H2,1-16H3. The summed E-state index contributed by atoms with van der Waals surface area (Å²) in [7, 11) is 0. The van der Waals surface area contributed by atoms with Crippen LogP contribution in [0.5, 0.6) is 0 Å². The second-order valence-electron chi connectivity index (χ2n) is 29.4. The van der Waals surface area contributed by atoms with E-state index in [-0.39, 0.29) is 50.2 Å². The number of fused-ring (bicyclic) bond motifs is 10. The lowest BCUT2D eigenvalue weighted by molar-refractivity contribution is 0.195. The van der Waals surface area contributed by atoms with E-state index in [1.807, 2.05) is 0 Å². The molecule has 74 heavy (non-hydrogen) atoms. The lowest BCUT2D eigenvalue weighted by Crippen LogP contribution is -2.62. The molecule has 382 valence electrons. The van der Waals surface area contributed by atoms with Gasteiger partial charge in [-0.15, -0.1) is 0 Å². The highest BCUT2D eigenvalue weighted by Gasteiger charge is 2.58. The van der Waals surface area contributed by atoms with Gasteiger partial charge in [0.05, 0.1) is 5.54 Å². The molecule has 0 aromatic heterocycles. The van der Waals surface area contributed by atoms with Crippen LogP contribution >= 0.6 is 0 Å². The van der Waals surface area contributed by atoms with Gasteiger partial charge in [-0.2, -0.15) is 0 Å². The van der Waals surface area contributed by atoms with Crippen LogP contribution in [0.15, 0.2) is 97.1 Å². The molecule has 0 radical (unpaired) electrons. The fourth-order valence-electron chi connectivity index (χ4n) is 16.6. The minimum Gasteiger partial charge on any atom is -0.334 e. The monoisotopic (exact) mass is 978 g/mol. The number of para-hydroxylation sites is 1. The maximum absolute atomic E-state index is 2.80. The summed E-state index contributed by atoms with van der Waals surface area (Å²) in [5, 5.41) is 0. The highest BCUT2D eigenvalue weighted by Crippen LogP contribution is 2.62. The van der Waals surface area contributed by atoms with Gasteiger partial charge in [0.25, 0.3) is 6.71 Å². The molecule has 4 heteroatoms. The Morgan fingerprint density at radius 3 is 1.50 bits per heavy atom. The molecule has 3 aliphatic heterocycles. The number of rotatable bonds is 3. The second kappa shape index (κ2) is 15.3. The largest absolute Gasteiger partial charge is 0.334 e. The van der Waals surface area contributed by atoms with Crippen molar-refractivity contribution in [2.45, 2.75) is 218 Å². The molecule has 3 heterocycles. The SMILES string of the molecule is Cc1cc2c3c(c1)N(c1cc4c(cc1C)C(C)(C)CCC4(C)C)c1cc(N4c5ccccc5C5(C)CCCCC45C)ccc1B3c1cc3c(cc1N2c1ccc2c(c1)C(C)(C)CCC2(C)C)C(C)(C)CCC3(C)C. The zero-order chi connectivity index (χ0) is 52.2. The number of nitrogens with zero attached hydrogens (tertiary/aromatic N) is 3. The Morgan fingerprint density at radius 1 is 0.365 bits per heavy atom. The van der Waals surface area contributed by atoms with Gasteiger partial charge < -0.3 is 14.7 Å². The van der Waals surface area contributed by atoms with E-state index in [0.29, 0.717) is 0 Å². The predicted molar refractivity (Wildman–Crippen MR) is 319 cm³/mol. The molecule has 1 fully saturated rings. The zero-order valence-electron chi connectivity index (χ0n) is 48.2. The van der Waals surface area contributed by atoms with Crippen LogP contribution < -0.4 is 31.1 Å². The second-order valence-corrected chi connectivity index (χ2v) is 29.4. The summed E-state index contributed by atoms with van der Waals surface area (Å²) in [5.74, 6) is 0. The van der Waals surface area contributed by atoms with Gasteiger partial charge in [0.1, 0.15) is 0 Å². The van der Waals surface area contributed by atoms with Crippen molar-refractivity contribution >= 4 is 68.6 Å². The molecule has 1 saturated carbocycles. The normalized spacial score (nSPS) is 25.4. The number of anilines is 8. The van der Waals surface area contributed by atoms with Crippen LogP contribution in [0.25, 0.3) is 0 Å². The fraction of sp³-hybridized carbons (Fsp3) is 0.486. The maximum atomic E-state index is 2.80. The molecule has 0 amide bonds. The molecule has 2 atom stereocenters. The summed E-state index contributed by atoms with van der Waals surface area (Å²) in [4.78, 5) is 8.31. The maximum Gasteiger partial charge on any atom is 0.252 e. The Hall–Kier alpha value is -5.22. The molecule has 3 nitrogen and oxygen atoms in total. The number of benzene rings is 6. The lowest BCUT2D eigenvalue weighted by Gasteiger charge is -2.51. The Balaban J connectivity index is 1.13. The first-order valence-electron chi connectivity index (χ1n) is 29.0. The van der Waals surface area contributed by atoms with Crippen molar-refractivity contribution < 1.29 is 0 Å². The van der Waals surface area contributed by atoms with Crippen molar-refractivity contribution in [1.29, 1.82) is 0 Å². The van der Waals surface area contributed by atoms with E-state index in [0.717, 1.165) is 0 Å². The number of aryl methyl sites for hydroxylation is 2. The highest BCUT2D eigenvalue weighted by molar-refractivity contribution is 7.00. The summed E-state index contributed by atoms with van der Waals surface area (Å²) in [6.45, 7) is 39.9. The first kappa shape index (κ1) is 48.4. The molecule has 0 spiro atoms. The zero-order valence-corrected chi connectivity index (χ0v) is 48.2. The fourth-order valence-corrected chi connectivity index (χ4v) is 16.6. The molecule has 0 bridgehead atoms. The van der Waals surface area contributed by atoms with Crippen molar-refractivity contribution in [3.8, 4) is 0 Å². The van der Waals surface area contributed by atoms with E-state index in [2.05, 4.69) is 223 Å². The van der Waals surface area contributed by atoms with Gasteiger partial charge >= 0.3 is 0 Å². The van der Waals surface area contributed by atoms with Crippen molar-refractivity contribution in [3.05, 3.63) is 147 Å². The van der Waals surface area contributed by atoms with E-state index in [1.165, 1.54) is 176 Å². The van der Waals surface area contributed by atoms with Crippen LogP contribution in [0, 0.1) is 13.8 Å². The Bertz CT molecular complexity index is 3400. The van der Waals surface area contributed by atoms with Gasteiger partial charge in [-0.3, -0.25) is 0 Å². The third-order valence-electron chi connectivity index (χ3n) is 21.9. The third kappa shape index (κ3) is 6.51. The van der Waals surface area contributed by atoms with Crippen LogP contribution in [0.2, 0.25) is 0 Å². The smallest absolute Gasteiger partial charge is 0.252 e. The van der Waals surface area contributed by atoms with Crippen LogP contribution in [0.1, 0.15) is 211 Å². The summed E-state index contributed by atoms with van der Waals surface area (Å²) < 4.78 is 0. The Labute approximate surface area is 446 Å². The van der Waals surface area contributed by atoms with E-state index in [1.54, 1.807) is 0 Å². The van der Waals surface area contributed by atoms with Crippen LogP contribution in [-0.2, 0) is 37.9 Å². The molecule has 2 unspecified atom stereocenters. The third-order valence-corrected chi connectivity index (χ3v) is 21.9. The van der Waals surface area contributed by atoms with Crippen molar-refractivity contribution in [1.82, 2.24) is 0 Å². The summed E-state index contributed by atoms with van der Waals surface area (Å²) in [5.41, 5.74) is 28.7. The van der Waals surface area contributed by atoms with Crippen molar-refractivity contribution in [2.24, 2.45) is 0 Å². The van der Waals surface area contributed by atoms with E-state index >= 15 is 0 Å². The molecular formula is C70H84BN3. The summed E-state index contributed by atoms with van der Waals surface area (Å²) in [6, 6.07) is 40.6. The molecule has 13 rings (SSSR count). The highest BCUT2D eigenvalue weighted by atomic mass is 15.3. The van der Waals surface area contributed by atoms with E-state index in [9.17, 15) is 0 Å². The van der Waals surface area contributed by atoms with Gasteiger partial charge in [0.15, 0.2) is 0 Å². The average Bonchev–Trinajstić information content (AvgIpc) is 3.59. The molecule has 0 saturated heterocycles. The van der Waals surface area contributed by atoms with Gasteiger partial charge in [0.2, 0.25) is 0 Å². The van der Waals surface area contributed by atoms with Crippen molar-refractivity contribution in [2.75, 3.05) is 14.7 Å². The Morgan fingerprint density at radius 2 is 0.865 bits per heavy atom. The van der Waals surface area contributed by atoms with E-state index < -0.39 is 0 Å². The number of hydrogen-bond donors (Lipinski definition) is 0. The molecular weight excluding hydrogens is 894 g/mol. The minimum absolute atomic E-state index is 0.0426. The van der Waals surface area contributed by atoms with Crippen LogP contribution in [0.3, 0.4) is 0 Å². The molecule has 6 aromatic rings. The summed E-state index contributed by atoms with van der Waals surface area (Å²) >= 11 is 0. The molecule has 7 aliphatic rings. The van der Waals surface area contributed by atoms with Gasteiger partial charge in [0, 0.05) is 50.9 Å². The first-order valence-corrected chi connectivity index (χ1v) is 29.0. The van der Waals surface area contributed by atoms with Gasteiger partial charge in [-0.05, 0) is 226 Å². The lowest BCUT2D eigenvalue weighted by atomic mass is 9.33. The predicted octanol–water partition coefficient (Wildman–Crippen LogP) is 17.2. The van der Waals surface area contributed by atoms with Crippen molar-refractivity contribution in [3.63, 3.8) is 0 Å². The molecule has 6 aromatic carbocycles. The quantitative estimate of drug-likeness (QED) is 0.163. The van der Waals surface area contributed by atoms with Crippen LogP contribution in [0.4, 0.5) is 45.5 Å². The van der Waals surface area contributed by atoms with Gasteiger partial charge in [-0.1, -0.05) is 145 Å². The molecule has 4 aliphatic carbocycles. The Kier molecular flexibility index (Phi) is 9.98. The molecule has 0 N–H and O–H groups in total. The van der Waals surface area contributed by atoms with Gasteiger partial charge in [-0.25, -0.2) is 0 Å². The summed E-state index contributed by atoms with van der Waals surface area (Å²) in [6.07, 6.45) is 12.1. The average molecular weight is 978 g/mol. The first-order chi connectivity index (χ1) is 34.7. The van der Waals surface area contributed by atoms with E-state index in [4.69, 9.17) is 0 Å². The minimum atomic E-state index is -0.0459.